The van der Waals surface area contributed by atoms with E-state index in [4.69, 9.17) is 0 Å². The fourth-order valence-corrected chi connectivity index (χ4v) is 4.33. The van der Waals surface area contributed by atoms with Gasteiger partial charge in [0.2, 0.25) is 15.9 Å². The number of sulfonamides is 1. The highest BCUT2D eigenvalue weighted by Crippen LogP contribution is 2.25. The van der Waals surface area contributed by atoms with E-state index in [0.717, 1.165) is 25.2 Å². The summed E-state index contributed by atoms with van der Waals surface area (Å²) in [4.78, 5) is 27.6. The number of anilines is 2. The molecule has 1 saturated heterocycles. The molecule has 150 valence electrons. The summed E-state index contributed by atoms with van der Waals surface area (Å²) >= 11 is 1.32. The van der Waals surface area contributed by atoms with Crippen molar-refractivity contribution in [2.24, 2.45) is 0 Å². The molecule has 10 heteroatoms. The van der Waals surface area contributed by atoms with E-state index < -0.39 is 21.9 Å². The molecule has 2 N–H and O–H groups in total. The van der Waals surface area contributed by atoms with Crippen molar-refractivity contribution in [1.82, 2.24) is 4.90 Å². The molecule has 1 atom stereocenters. The van der Waals surface area contributed by atoms with Crippen molar-refractivity contribution in [3.63, 3.8) is 0 Å². The van der Waals surface area contributed by atoms with Crippen molar-refractivity contribution in [2.45, 2.75) is 25.3 Å². The smallest absolute Gasteiger partial charge is 0.264 e. The minimum Gasteiger partial charge on any atom is -0.326 e. The Bertz CT molecular complexity index is 977. The van der Waals surface area contributed by atoms with E-state index in [1.165, 1.54) is 23.5 Å². The van der Waals surface area contributed by atoms with E-state index in [2.05, 4.69) is 10.0 Å². The fourth-order valence-electron chi connectivity index (χ4n) is 3.10. The van der Waals surface area contributed by atoms with Crippen LogP contribution in [0.3, 0.4) is 0 Å². The highest BCUT2D eigenvalue weighted by Gasteiger charge is 2.33. The topological polar surface area (TPSA) is 95.6 Å². The van der Waals surface area contributed by atoms with Crippen molar-refractivity contribution in [3.8, 4) is 0 Å². The van der Waals surface area contributed by atoms with Crippen molar-refractivity contribution >= 4 is 44.5 Å². The zero-order valence-corrected chi connectivity index (χ0v) is 16.8. The summed E-state index contributed by atoms with van der Waals surface area (Å²) in [5.74, 6) is -1.33. The number of thiophene rings is 1. The lowest BCUT2D eigenvalue weighted by Gasteiger charge is -2.34. The van der Waals surface area contributed by atoms with Crippen LogP contribution in [0.15, 0.2) is 35.7 Å². The van der Waals surface area contributed by atoms with E-state index in [9.17, 15) is 22.4 Å². The van der Waals surface area contributed by atoms with Gasteiger partial charge in [-0.3, -0.25) is 14.3 Å². The van der Waals surface area contributed by atoms with Crippen molar-refractivity contribution in [1.29, 1.82) is 0 Å². The van der Waals surface area contributed by atoms with Gasteiger partial charge in [0.1, 0.15) is 11.9 Å². The Morgan fingerprint density at radius 1 is 1.25 bits per heavy atom. The van der Waals surface area contributed by atoms with Gasteiger partial charge in [-0.05, 0) is 48.9 Å². The third kappa shape index (κ3) is 4.87. The third-order valence-corrected chi connectivity index (χ3v) is 5.78. The minimum absolute atomic E-state index is 0.187. The second-order valence-electron chi connectivity index (χ2n) is 6.55. The van der Waals surface area contributed by atoms with Gasteiger partial charge in [0.15, 0.2) is 0 Å². The summed E-state index contributed by atoms with van der Waals surface area (Å²) in [5.41, 5.74) is -0.0119. The molecule has 0 radical (unpaired) electrons. The molecule has 0 aliphatic carbocycles. The predicted octanol–water partition coefficient (Wildman–Crippen LogP) is 2.89. The van der Waals surface area contributed by atoms with Crippen LogP contribution in [-0.2, 0) is 14.8 Å². The summed E-state index contributed by atoms with van der Waals surface area (Å²) in [5, 5.41) is 4.47. The van der Waals surface area contributed by atoms with Crippen LogP contribution in [0.25, 0.3) is 0 Å². The number of likely N-dealkylation sites (tertiary alicyclic amines) is 1. The fraction of sp³-hybridized carbons (Fsp3) is 0.333. The number of halogens is 1. The molecule has 28 heavy (non-hydrogen) atoms. The molecule has 1 fully saturated rings. The zero-order chi connectivity index (χ0) is 20.3. The number of carbonyl (C=O) groups excluding carboxylic acids is 2. The summed E-state index contributed by atoms with van der Waals surface area (Å²) in [6.07, 6.45) is 3.07. The maximum absolute atomic E-state index is 13.8. The molecule has 0 saturated carbocycles. The third-order valence-electron chi connectivity index (χ3n) is 4.33. The number of nitrogens with one attached hydrogen (secondary N) is 2. The van der Waals surface area contributed by atoms with Crippen LogP contribution in [0, 0.1) is 5.82 Å². The Morgan fingerprint density at radius 3 is 2.71 bits per heavy atom. The zero-order valence-electron chi connectivity index (χ0n) is 15.1. The number of carbonyl (C=O) groups is 2. The Labute approximate surface area is 166 Å². The average molecular weight is 426 g/mol. The van der Waals surface area contributed by atoms with Gasteiger partial charge in [-0.15, -0.1) is 11.3 Å². The lowest BCUT2D eigenvalue weighted by molar-refractivity contribution is -0.121. The van der Waals surface area contributed by atoms with Crippen molar-refractivity contribution < 1.29 is 22.4 Å². The molecule has 0 bridgehead atoms. The summed E-state index contributed by atoms with van der Waals surface area (Å²) in [7, 11) is -3.66. The maximum Gasteiger partial charge on any atom is 0.264 e. The minimum atomic E-state index is -3.66. The standard InChI is InChI=1S/C18H20FN3O4S2/c1-28(25,26)21-14-11-12(7-8-13(14)19)20-17(23)15-5-2-3-9-22(15)18(24)16-6-4-10-27-16/h4,6-8,10-11,15,21H,2-3,5,9H2,1H3,(H,20,23). The second-order valence-corrected chi connectivity index (χ2v) is 9.24. The number of benzene rings is 1. The highest BCUT2D eigenvalue weighted by atomic mass is 32.2. The van der Waals surface area contributed by atoms with Crippen molar-refractivity contribution in [3.05, 3.63) is 46.4 Å². The lowest BCUT2D eigenvalue weighted by atomic mass is 10.0. The molecular formula is C18H20FN3O4S2. The number of piperidine rings is 1. The molecule has 7 nitrogen and oxygen atoms in total. The molecule has 1 aliphatic rings. The van der Waals surface area contributed by atoms with Crippen LogP contribution in [-0.4, -0.2) is 44.0 Å². The van der Waals surface area contributed by atoms with Gasteiger partial charge in [-0.25, -0.2) is 12.8 Å². The molecule has 1 aliphatic heterocycles. The molecule has 1 aromatic heterocycles. The van der Waals surface area contributed by atoms with Gasteiger partial charge >= 0.3 is 0 Å². The van der Waals surface area contributed by atoms with Crippen LogP contribution in [0.2, 0.25) is 0 Å². The maximum atomic E-state index is 13.8. The van der Waals surface area contributed by atoms with Gasteiger partial charge in [0, 0.05) is 12.2 Å². The molecule has 2 heterocycles. The molecule has 1 aromatic carbocycles. The SMILES string of the molecule is CS(=O)(=O)Nc1cc(NC(=O)C2CCCCN2C(=O)c2cccs2)ccc1F. The van der Waals surface area contributed by atoms with Crippen LogP contribution < -0.4 is 10.0 Å². The van der Waals surface area contributed by atoms with Crippen LogP contribution in [0.5, 0.6) is 0 Å². The van der Waals surface area contributed by atoms with E-state index in [0.29, 0.717) is 17.8 Å². The van der Waals surface area contributed by atoms with Gasteiger partial charge in [0.05, 0.1) is 16.8 Å². The van der Waals surface area contributed by atoms with Crippen molar-refractivity contribution in [2.75, 3.05) is 22.8 Å². The van der Waals surface area contributed by atoms with Gasteiger partial charge in [-0.1, -0.05) is 6.07 Å². The molecule has 2 amide bonds. The van der Waals surface area contributed by atoms with Crippen LogP contribution >= 0.6 is 11.3 Å². The van der Waals surface area contributed by atoms with Gasteiger partial charge < -0.3 is 10.2 Å². The summed E-state index contributed by atoms with van der Waals surface area (Å²) in [6.45, 7) is 0.485. The Morgan fingerprint density at radius 2 is 2.04 bits per heavy atom. The monoisotopic (exact) mass is 425 g/mol. The normalized spacial score (nSPS) is 17.2. The first-order valence-corrected chi connectivity index (χ1v) is 11.4. The Kier molecular flexibility index (Phi) is 5.99. The second kappa shape index (κ2) is 8.27. The first-order chi connectivity index (χ1) is 13.2. The molecule has 0 spiro atoms. The van der Waals surface area contributed by atoms with Gasteiger partial charge in [-0.2, -0.15) is 0 Å². The van der Waals surface area contributed by atoms with E-state index in [-0.39, 0.29) is 23.2 Å². The van der Waals surface area contributed by atoms with Crippen LogP contribution in [0.1, 0.15) is 28.9 Å². The number of rotatable bonds is 5. The largest absolute Gasteiger partial charge is 0.326 e. The number of nitrogens with zero attached hydrogens (tertiary/aromatic N) is 1. The first kappa shape index (κ1) is 20.3. The van der Waals surface area contributed by atoms with E-state index in [1.807, 2.05) is 0 Å². The summed E-state index contributed by atoms with van der Waals surface area (Å²) < 4.78 is 38.6. The predicted molar refractivity (Wildman–Crippen MR) is 106 cm³/mol. The van der Waals surface area contributed by atoms with Crippen LogP contribution in [0.4, 0.5) is 15.8 Å². The molecule has 1 unspecified atom stereocenters. The Hall–Kier alpha value is -2.46. The number of amides is 2. The number of hydrogen-bond acceptors (Lipinski definition) is 5. The van der Waals surface area contributed by atoms with Gasteiger partial charge in [0.25, 0.3) is 5.91 Å². The number of hydrogen-bond donors (Lipinski definition) is 2. The lowest BCUT2D eigenvalue weighted by Crippen LogP contribution is -2.49. The van der Waals surface area contributed by atoms with E-state index in [1.54, 1.807) is 22.4 Å². The van der Waals surface area contributed by atoms with E-state index >= 15 is 0 Å². The quantitative estimate of drug-likeness (QED) is 0.770. The summed E-state index contributed by atoms with van der Waals surface area (Å²) in [6, 6.07) is 6.49. The Balaban J connectivity index is 1.77. The highest BCUT2D eigenvalue weighted by molar-refractivity contribution is 7.92. The molecule has 3 rings (SSSR count). The molecule has 2 aromatic rings. The average Bonchev–Trinajstić information content (AvgIpc) is 3.17. The molecular weight excluding hydrogens is 405 g/mol. The first-order valence-electron chi connectivity index (χ1n) is 8.67.